The Labute approximate surface area is 138 Å². The third kappa shape index (κ3) is 4.96. The summed E-state index contributed by atoms with van der Waals surface area (Å²) in [6.07, 6.45) is 2.58. The Hall–Kier alpha value is -1.56. The summed E-state index contributed by atoms with van der Waals surface area (Å²) >= 11 is 0. The van der Waals surface area contributed by atoms with Crippen molar-refractivity contribution in [3.05, 3.63) is 17.0 Å². The summed E-state index contributed by atoms with van der Waals surface area (Å²) in [6, 6.07) is 0.726. The molecule has 6 nitrogen and oxygen atoms in total. The molecule has 0 bridgehead atoms. The van der Waals surface area contributed by atoms with Crippen molar-refractivity contribution in [1.82, 2.24) is 15.8 Å². The Balaban J connectivity index is 1.83. The van der Waals surface area contributed by atoms with Crippen LogP contribution in [0.15, 0.2) is 4.52 Å². The van der Waals surface area contributed by atoms with Crippen molar-refractivity contribution in [1.29, 1.82) is 0 Å². The van der Waals surface area contributed by atoms with E-state index in [4.69, 9.17) is 9.26 Å². The summed E-state index contributed by atoms with van der Waals surface area (Å²) in [5, 5.41) is 10.6. The fourth-order valence-corrected chi connectivity index (χ4v) is 3.28. The first-order valence-corrected chi connectivity index (χ1v) is 8.34. The van der Waals surface area contributed by atoms with Gasteiger partial charge in [0.15, 0.2) is 0 Å². The number of aromatic nitrogens is 1. The van der Waals surface area contributed by atoms with Crippen molar-refractivity contribution in [3.8, 4) is 0 Å². The Bertz CT molecular complexity index is 528. The molecule has 0 spiro atoms. The molecular formula is C17H29N3O3. The zero-order chi connectivity index (χ0) is 17.2. The van der Waals surface area contributed by atoms with Crippen molar-refractivity contribution in [2.24, 2.45) is 0 Å². The van der Waals surface area contributed by atoms with Crippen molar-refractivity contribution < 1.29 is 14.1 Å². The molecule has 2 N–H and O–H groups in total. The zero-order valence-electron chi connectivity index (χ0n) is 15.0. The monoisotopic (exact) mass is 323 g/mol. The van der Waals surface area contributed by atoms with E-state index in [0.29, 0.717) is 6.04 Å². The number of nitrogens with one attached hydrogen (secondary N) is 2. The molecule has 3 unspecified atom stereocenters. The van der Waals surface area contributed by atoms with Gasteiger partial charge in [-0.3, -0.25) is 0 Å². The molecule has 1 aromatic heterocycles. The van der Waals surface area contributed by atoms with E-state index in [1.807, 2.05) is 34.6 Å². The fourth-order valence-electron chi connectivity index (χ4n) is 3.28. The molecular weight excluding hydrogens is 294 g/mol. The van der Waals surface area contributed by atoms with Gasteiger partial charge in [0.05, 0.1) is 5.69 Å². The zero-order valence-corrected chi connectivity index (χ0v) is 15.0. The van der Waals surface area contributed by atoms with Crippen molar-refractivity contribution in [3.63, 3.8) is 0 Å². The van der Waals surface area contributed by atoms with Crippen LogP contribution in [0.3, 0.4) is 0 Å². The summed E-state index contributed by atoms with van der Waals surface area (Å²) in [5.41, 5.74) is 1.61. The van der Waals surface area contributed by atoms with Gasteiger partial charge >= 0.3 is 6.09 Å². The van der Waals surface area contributed by atoms with Gasteiger partial charge in [0.1, 0.15) is 11.4 Å². The molecule has 1 fully saturated rings. The van der Waals surface area contributed by atoms with E-state index in [0.717, 1.165) is 36.3 Å². The molecule has 6 heteroatoms. The first-order valence-electron chi connectivity index (χ1n) is 8.34. The quantitative estimate of drug-likeness (QED) is 0.888. The second-order valence-electron chi connectivity index (χ2n) is 7.48. The second-order valence-corrected chi connectivity index (χ2v) is 7.48. The number of carbonyl (C=O) groups excluding carboxylic acids is 1. The topological polar surface area (TPSA) is 76.4 Å². The highest BCUT2D eigenvalue weighted by Crippen LogP contribution is 2.26. The number of aryl methyl sites for hydroxylation is 2. The van der Waals surface area contributed by atoms with E-state index >= 15 is 0 Å². The summed E-state index contributed by atoms with van der Waals surface area (Å²) in [4.78, 5) is 11.8. The van der Waals surface area contributed by atoms with E-state index in [1.165, 1.54) is 0 Å². The van der Waals surface area contributed by atoms with Crippen LogP contribution >= 0.6 is 0 Å². The van der Waals surface area contributed by atoms with Gasteiger partial charge in [-0.15, -0.1) is 0 Å². The highest BCUT2D eigenvalue weighted by Gasteiger charge is 2.29. The minimum atomic E-state index is -0.460. The van der Waals surface area contributed by atoms with Gasteiger partial charge in [-0.25, -0.2) is 4.79 Å². The lowest BCUT2D eigenvalue weighted by Crippen LogP contribution is -2.39. The molecule has 3 atom stereocenters. The van der Waals surface area contributed by atoms with Crippen LogP contribution in [0.2, 0.25) is 0 Å². The number of ether oxygens (including phenoxy) is 1. The summed E-state index contributed by atoms with van der Waals surface area (Å²) < 4.78 is 10.6. The van der Waals surface area contributed by atoms with E-state index in [2.05, 4.69) is 22.7 Å². The third-order valence-corrected chi connectivity index (χ3v) is 4.16. The number of rotatable bonds is 4. The Morgan fingerprint density at radius 2 is 1.96 bits per heavy atom. The average Bonchev–Trinajstić information content (AvgIpc) is 2.94. The largest absolute Gasteiger partial charge is 0.444 e. The molecule has 0 saturated heterocycles. The first-order chi connectivity index (χ1) is 10.7. The highest BCUT2D eigenvalue weighted by atomic mass is 16.6. The molecule has 0 aliphatic heterocycles. The lowest BCUT2D eigenvalue weighted by molar-refractivity contribution is 0.0505. The molecule has 0 radical (unpaired) electrons. The van der Waals surface area contributed by atoms with Crippen molar-refractivity contribution in [2.45, 2.75) is 84.5 Å². The molecule has 1 aromatic rings. The minimum Gasteiger partial charge on any atom is -0.444 e. The Kier molecular flexibility index (Phi) is 5.34. The van der Waals surface area contributed by atoms with Gasteiger partial charge in [0, 0.05) is 23.7 Å². The molecule has 23 heavy (non-hydrogen) atoms. The molecule has 1 aliphatic rings. The van der Waals surface area contributed by atoms with Crippen LogP contribution in [-0.2, 0) is 4.74 Å². The Morgan fingerprint density at radius 1 is 1.30 bits per heavy atom. The van der Waals surface area contributed by atoms with Crippen LogP contribution in [0.4, 0.5) is 4.79 Å². The SMILES string of the molecule is Cc1noc(C)c1C(C)NC1CCC(NC(=O)OC(C)(C)C)C1. The Morgan fingerprint density at radius 3 is 2.52 bits per heavy atom. The van der Waals surface area contributed by atoms with Crippen LogP contribution in [0, 0.1) is 13.8 Å². The van der Waals surface area contributed by atoms with Crippen LogP contribution in [0.5, 0.6) is 0 Å². The van der Waals surface area contributed by atoms with Gasteiger partial charge in [-0.05, 0) is 60.8 Å². The third-order valence-electron chi connectivity index (χ3n) is 4.16. The summed E-state index contributed by atoms with van der Waals surface area (Å²) in [5.74, 6) is 0.865. The van der Waals surface area contributed by atoms with Crippen LogP contribution in [0.25, 0.3) is 0 Å². The molecule has 1 saturated carbocycles. The molecule has 0 aromatic carbocycles. The molecule has 130 valence electrons. The maximum Gasteiger partial charge on any atom is 0.407 e. The molecule has 1 heterocycles. The number of hydrogen-bond acceptors (Lipinski definition) is 5. The molecule has 1 amide bonds. The highest BCUT2D eigenvalue weighted by molar-refractivity contribution is 5.68. The van der Waals surface area contributed by atoms with Gasteiger partial charge in [-0.2, -0.15) is 0 Å². The van der Waals surface area contributed by atoms with Gasteiger partial charge in [0.25, 0.3) is 0 Å². The van der Waals surface area contributed by atoms with Gasteiger partial charge < -0.3 is 19.9 Å². The summed E-state index contributed by atoms with van der Waals surface area (Å²) in [7, 11) is 0. The van der Waals surface area contributed by atoms with Crippen molar-refractivity contribution in [2.75, 3.05) is 0 Å². The number of carbonyl (C=O) groups is 1. The maximum atomic E-state index is 11.8. The fraction of sp³-hybridized carbons (Fsp3) is 0.765. The smallest absolute Gasteiger partial charge is 0.407 e. The van der Waals surface area contributed by atoms with E-state index in [9.17, 15) is 4.79 Å². The second kappa shape index (κ2) is 6.91. The molecule has 1 aliphatic carbocycles. The first kappa shape index (κ1) is 17.8. The number of alkyl carbamates (subject to hydrolysis) is 1. The minimum absolute atomic E-state index is 0.166. The normalized spacial score (nSPS) is 22.9. The van der Waals surface area contributed by atoms with E-state index in [-0.39, 0.29) is 18.2 Å². The van der Waals surface area contributed by atoms with Crippen LogP contribution in [0.1, 0.15) is 70.0 Å². The standard InChI is InChI=1S/C17H29N3O3/c1-10(15-11(2)20-23-12(15)3)18-13-7-8-14(9-13)19-16(21)22-17(4,5)6/h10,13-14,18H,7-9H2,1-6H3,(H,19,21). The average molecular weight is 323 g/mol. The van der Waals surface area contributed by atoms with Crippen LogP contribution < -0.4 is 10.6 Å². The van der Waals surface area contributed by atoms with Crippen LogP contribution in [-0.4, -0.2) is 28.9 Å². The number of nitrogens with zero attached hydrogens (tertiary/aromatic N) is 1. The predicted molar refractivity (Wildman–Crippen MR) is 88.3 cm³/mol. The van der Waals surface area contributed by atoms with E-state index < -0.39 is 5.60 Å². The molecule has 2 rings (SSSR count). The van der Waals surface area contributed by atoms with Gasteiger partial charge in [-0.1, -0.05) is 5.16 Å². The van der Waals surface area contributed by atoms with Gasteiger partial charge in [0.2, 0.25) is 0 Å². The predicted octanol–water partition coefficient (Wildman–Crippen LogP) is 3.39. The number of hydrogen-bond donors (Lipinski definition) is 2. The lowest BCUT2D eigenvalue weighted by atomic mass is 10.1. The van der Waals surface area contributed by atoms with E-state index in [1.54, 1.807) is 0 Å². The summed E-state index contributed by atoms with van der Waals surface area (Å²) in [6.45, 7) is 11.6. The number of amides is 1. The lowest BCUT2D eigenvalue weighted by Gasteiger charge is -2.22. The van der Waals surface area contributed by atoms with Crippen molar-refractivity contribution >= 4 is 6.09 Å². The maximum absolute atomic E-state index is 11.8.